The number of ether oxygens (including phenoxy) is 2. The summed E-state index contributed by atoms with van der Waals surface area (Å²) in [4.78, 5) is 19.8. The Kier molecular flexibility index (Phi) is 11.1. The second kappa shape index (κ2) is 15.5. The summed E-state index contributed by atoms with van der Waals surface area (Å²) >= 11 is 0. The molecular formula is C35H41F6N9O2. The largest absolute Gasteiger partial charge is 0.492 e. The smallest absolute Gasteiger partial charge is 0.433 e. The maximum absolute atomic E-state index is 13.7. The normalized spacial score (nSPS) is 19.1. The summed E-state index contributed by atoms with van der Waals surface area (Å²) in [5.74, 6) is 7.45. The van der Waals surface area contributed by atoms with Gasteiger partial charge in [0, 0.05) is 43.9 Å². The first-order valence-electron chi connectivity index (χ1n) is 17.2. The first-order valence-corrected chi connectivity index (χ1v) is 17.2. The Hall–Kier alpha value is -4.64. The molecule has 3 aromatic heterocycles. The fourth-order valence-electron chi connectivity index (χ4n) is 7.12. The Morgan fingerprint density at radius 3 is 2.02 bits per heavy atom. The van der Waals surface area contributed by atoms with Crippen LogP contribution in [0.3, 0.4) is 0 Å². The number of nitrogens with two attached hydrogens (primary N) is 1. The van der Waals surface area contributed by atoms with Gasteiger partial charge in [-0.1, -0.05) is 0 Å². The number of hydrogen-bond acceptors (Lipinski definition) is 10. The van der Waals surface area contributed by atoms with E-state index in [-0.39, 0.29) is 30.4 Å². The minimum Gasteiger partial charge on any atom is -0.492 e. The van der Waals surface area contributed by atoms with Crippen LogP contribution < -0.4 is 25.2 Å². The summed E-state index contributed by atoms with van der Waals surface area (Å²) in [6.07, 6.45) is -1.31. The van der Waals surface area contributed by atoms with E-state index in [0.29, 0.717) is 70.0 Å². The number of likely N-dealkylation sites (tertiary alicyclic amines) is 1. The second-order valence-electron chi connectivity index (χ2n) is 12.8. The van der Waals surface area contributed by atoms with Gasteiger partial charge in [-0.3, -0.25) is 9.91 Å². The van der Waals surface area contributed by atoms with Crippen molar-refractivity contribution in [3.05, 3.63) is 78.1 Å². The van der Waals surface area contributed by atoms with Crippen molar-refractivity contribution >= 4 is 11.9 Å². The summed E-state index contributed by atoms with van der Waals surface area (Å²) in [5, 5.41) is 1.14. The van der Waals surface area contributed by atoms with E-state index in [1.165, 1.54) is 0 Å². The lowest BCUT2D eigenvalue weighted by Gasteiger charge is -2.47. The van der Waals surface area contributed by atoms with Crippen LogP contribution in [0.4, 0.5) is 38.2 Å². The van der Waals surface area contributed by atoms with Gasteiger partial charge in [0.05, 0.1) is 19.3 Å². The molecule has 17 heteroatoms. The maximum Gasteiger partial charge on any atom is 0.433 e. The fraction of sp³-hybridized carbons (Fsp3) is 0.486. The number of anilines is 2. The number of halogens is 6. The van der Waals surface area contributed by atoms with Crippen molar-refractivity contribution < 1.29 is 35.8 Å². The zero-order chi connectivity index (χ0) is 37.0. The Labute approximate surface area is 297 Å². The quantitative estimate of drug-likeness (QED) is 0.104. The monoisotopic (exact) mass is 733 g/mol. The number of rotatable bonds is 11. The van der Waals surface area contributed by atoms with E-state index in [1.807, 2.05) is 55.1 Å². The Morgan fingerprint density at radius 2 is 1.42 bits per heavy atom. The summed E-state index contributed by atoms with van der Waals surface area (Å²) in [6.45, 7) is 7.05. The SMILES string of the molecule is CCOc1cc(CN2CCC(C3CC(N(N)c4nccc(C(F)(F)F)n4)CCN3c3nccc(C(F)(F)F)n3)CC2)cc(OCC)c1-n1cccc1. The number of hydrogen-bond donors (Lipinski definition) is 1. The van der Waals surface area contributed by atoms with Gasteiger partial charge in [0.15, 0.2) is 0 Å². The predicted octanol–water partition coefficient (Wildman–Crippen LogP) is 6.52. The van der Waals surface area contributed by atoms with Crippen LogP contribution in [0.2, 0.25) is 0 Å². The third-order valence-corrected chi connectivity index (χ3v) is 9.51. The van der Waals surface area contributed by atoms with Crippen LogP contribution in [0.15, 0.2) is 61.2 Å². The Bertz CT molecular complexity index is 1750. The highest BCUT2D eigenvalue weighted by molar-refractivity contribution is 5.59. The molecule has 0 radical (unpaired) electrons. The van der Waals surface area contributed by atoms with Gasteiger partial charge >= 0.3 is 12.4 Å². The van der Waals surface area contributed by atoms with E-state index in [4.69, 9.17) is 15.3 Å². The van der Waals surface area contributed by atoms with Crippen molar-refractivity contribution in [1.82, 2.24) is 29.4 Å². The zero-order valence-corrected chi connectivity index (χ0v) is 28.8. The van der Waals surface area contributed by atoms with Crippen LogP contribution in [0.1, 0.15) is 56.5 Å². The van der Waals surface area contributed by atoms with Gasteiger partial charge in [0.25, 0.3) is 0 Å². The highest BCUT2D eigenvalue weighted by Gasteiger charge is 2.41. The van der Waals surface area contributed by atoms with Crippen molar-refractivity contribution in [1.29, 1.82) is 0 Å². The summed E-state index contributed by atoms with van der Waals surface area (Å²) in [6, 6.07) is 8.68. The number of alkyl halides is 6. The molecule has 52 heavy (non-hydrogen) atoms. The summed E-state index contributed by atoms with van der Waals surface area (Å²) in [5.41, 5.74) is -0.332. The van der Waals surface area contributed by atoms with E-state index >= 15 is 0 Å². The first-order chi connectivity index (χ1) is 24.9. The van der Waals surface area contributed by atoms with E-state index in [1.54, 1.807) is 4.90 Å². The molecule has 5 heterocycles. The molecule has 2 N–H and O–H groups in total. The third kappa shape index (κ3) is 8.36. The van der Waals surface area contributed by atoms with Gasteiger partial charge in [0.2, 0.25) is 11.9 Å². The lowest BCUT2D eigenvalue weighted by Crippen LogP contribution is -2.56. The van der Waals surface area contributed by atoms with E-state index < -0.39 is 29.8 Å². The van der Waals surface area contributed by atoms with Gasteiger partial charge in [-0.05, 0) is 100 Å². The van der Waals surface area contributed by atoms with Crippen molar-refractivity contribution in [3.8, 4) is 17.2 Å². The molecule has 0 spiro atoms. The van der Waals surface area contributed by atoms with Crippen LogP contribution in [-0.2, 0) is 18.9 Å². The second-order valence-corrected chi connectivity index (χ2v) is 12.8. The fourth-order valence-corrected chi connectivity index (χ4v) is 7.12. The molecule has 0 bridgehead atoms. The van der Waals surface area contributed by atoms with E-state index in [2.05, 4.69) is 24.8 Å². The summed E-state index contributed by atoms with van der Waals surface area (Å²) < 4.78 is 95.3. The molecular weight excluding hydrogens is 692 g/mol. The molecule has 2 atom stereocenters. The first kappa shape index (κ1) is 37.1. The van der Waals surface area contributed by atoms with Crippen LogP contribution in [0.25, 0.3) is 5.69 Å². The third-order valence-electron chi connectivity index (χ3n) is 9.51. The van der Waals surface area contributed by atoms with Crippen LogP contribution in [-0.4, -0.2) is 74.3 Å². The highest BCUT2D eigenvalue weighted by Crippen LogP contribution is 2.38. The lowest BCUT2D eigenvalue weighted by molar-refractivity contribution is -0.142. The predicted molar refractivity (Wildman–Crippen MR) is 181 cm³/mol. The standard InChI is InChI=1S/C35H41F6N9O2/c1-3-51-27-19-23(20-28(52-4-2)31(27)48-14-5-6-15-48)22-47-16-9-24(10-17-47)26-21-25(50(42)33-44-13-8-30(46-33)35(39,40)41)11-18-49(26)32-43-12-7-29(45-32)34(36,37)38/h5-8,12-15,19-20,24-26H,3-4,9-11,16-18,21-22,42H2,1-2H3. The molecule has 6 rings (SSSR count). The van der Waals surface area contributed by atoms with Crippen LogP contribution in [0.5, 0.6) is 11.5 Å². The molecule has 2 unspecified atom stereocenters. The topological polar surface area (TPSA) is 111 Å². The van der Waals surface area contributed by atoms with Gasteiger partial charge < -0.3 is 18.9 Å². The van der Waals surface area contributed by atoms with E-state index in [9.17, 15) is 26.3 Å². The molecule has 2 fully saturated rings. The average molecular weight is 734 g/mol. The number of nitrogens with zero attached hydrogens (tertiary/aromatic N) is 8. The van der Waals surface area contributed by atoms with Crippen molar-refractivity contribution in [2.45, 2.75) is 70.5 Å². The van der Waals surface area contributed by atoms with Crippen LogP contribution >= 0.6 is 0 Å². The summed E-state index contributed by atoms with van der Waals surface area (Å²) in [7, 11) is 0. The van der Waals surface area contributed by atoms with Crippen molar-refractivity contribution in [2.24, 2.45) is 11.8 Å². The Morgan fingerprint density at radius 1 is 0.827 bits per heavy atom. The average Bonchev–Trinajstić information content (AvgIpc) is 3.66. The maximum atomic E-state index is 13.7. The molecule has 11 nitrogen and oxygen atoms in total. The molecule has 280 valence electrons. The van der Waals surface area contributed by atoms with Gasteiger partial charge in [-0.25, -0.2) is 25.8 Å². The molecule has 2 aliphatic heterocycles. The highest BCUT2D eigenvalue weighted by atomic mass is 19.4. The molecule has 4 aromatic rings. The Balaban J connectivity index is 1.22. The van der Waals surface area contributed by atoms with Crippen molar-refractivity contribution in [3.63, 3.8) is 0 Å². The minimum atomic E-state index is -4.68. The molecule has 0 amide bonds. The number of piperidine rings is 2. The number of aromatic nitrogens is 5. The van der Waals surface area contributed by atoms with Gasteiger partial charge in [-0.15, -0.1) is 0 Å². The van der Waals surface area contributed by atoms with Gasteiger partial charge in [0.1, 0.15) is 28.6 Å². The van der Waals surface area contributed by atoms with Crippen LogP contribution in [0, 0.1) is 5.92 Å². The minimum absolute atomic E-state index is 0.00195. The van der Waals surface area contributed by atoms with Gasteiger partial charge in [-0.2, -0.15) is 26.3 Å². The van der Waals surface area contributed by atoms with Crippen molar-refractivity contribution in [2.75, 3.05) is 42.8 Å². The molecule has 0 aliphatic carbocycles. The molecule has 0 saturated carbocycles. The number of hydrazine groups is 1. The molecule has 2 aliphatic rings. The van der Waals surface area contributed by atoms with E-state index in [0.717, 1.165) is 40.8 Å². The number of benzene rings is 1. The molecule has 1 aromatic carbocycles. The molecule has 2 saturated heterocycles. The lowest BCUT2D eigenvalue weighted by atomic mass is 9.82. The zero-order valence-electron chi connectivity index (χ0n) is 28.8.